The summed E-state index contributed by atoms with van der Waals surface area (Å²) >= 11 is 1.63. The predicted octanol–water partition coefficient (Wildman–Crippen LogP) is 5.76. The maximum absolute atomic E-state index is 12.9. The Morgan fingerprint density at radius 1 is 1.22 bits per heavy atom. The molecule has 0 aliphatic carbocycles. The first-order valence-electron chi connectivity index (χ1n) is 12.2. The number of pyridine rings is 1. The highest BCUT2D eigenvalue weighted by atomic mass is 32.1. The van der Waals surface area contributed by atoms with Crippen LogP contribution in [0.2, 0.25) is 0 Å². The van der Waals surface area contributed by atoms with Crippen molar-refractivity contribution in [3.05, 3.63) is 76.7 Å². The van der Waals surface area contributed by atoms with Crippen molar-refractivity contribution in [3.63, 3.8) is 0 Å². The van der Waals surface area contributed by atoms with Gasteiger partial charge in [-0.3, -0.25) is 9.78 Å². The molecular formula is C28H30N6O2S. The van der Waals surface area contributed by atoms with Crippen LogP contribution in [0.1, 0.15) is 34.7 Å². The Morgan fingerprint density at radius 2 is 2.05 bits per heavy atom. The molecule has 0 saturated carbocycles. The maximum Gasteiger partial charge on any atom is 0.247 e. The Labute approximate surface area is 220 Å². The summed E-state index contributed by atoms with van der Waals surface area (Å²) in [7, 11) is 3.96. The number of nitrogens with zero attached hydrogens (tertiary/aromatic N) is 5. The number of thiophene rings is 1. The number of carbonyl (C=O) groups is 1. The molecule has 1 aliphatic rings. The Morgan fingerprint density at radius 3 is 2.78 bits per heavy atom. The van der Waals surface area contributed by atoms with Gasteiger partial charge in [0, 0.05) is 41.0 Å². The largest absolute Gasteiger partial charge is 0.455 e. The molecule has 0 saturated heterocycles. The number of fused-ring (bicyclic) bond motifs is 3. The van der Waals surface area contributed by atoms with Crippen LogP contribution in [0.4, 0.5) is 11.5 Å². The molecule has 0 bridgehead atoms. The number of carbonyl (C=O) groups excluding carboxylic acids is 1. The van der Waals surface area contributed by atoms with Gasteiger partial charge in [0.15, 0.2) is 0 Å². The summed E-state index contributed by atoms with van der Waals surface area (Å²) in [5, 5.41) is 4.45. The Bertz CT molecular complexity index is 1480. The number of rotatable bonds is 7. The summed E-state index contributed by atoms with van der Waals surface area (Å²) in [6.07, 6.45) is 6.89. The molecule has 0 fully saturated rings. The van der Waals surface area contributed by atoms with Crippen LogP contribution in [0.3, 0.4) is 0 Å². The molecule has 0 spiro atoms. The number of amides is 1. The fourth-order valence-electron chi connectivity index (χ4n) is 4.39. The van der Waals surface area contributed by atoms with Crippen molar-refractivity contribution in [2.75, 3.05) is 26.0 Å². The number of benzene rings is 1. The highest BCUT2D eigenvalue weighted by Crippen LogP contribution is 2.45. The molecule has 3 aromatic heterocycles. The lowest BCUT2D eigenvalue weighted by atomic mass is 10.1. The molecule has 1 atom stereocenters. The molecule has 9 heteroatoms. The average molecular weight is 515 g/mol. The quantitative estimate of drug-likeness (QED) is 0.314. The fourth-order valence-corrected chi connectivity index (χ4v) is 5.61. The van der Waals surface area contributed by atoms with E-state index in [1.54, 1.807) is 29.9 Å². The maximum atomic E-state index is 12.9. The van der Waals surface area contributed by atoms with Crippen molar-refractivity contribution in [3.8, 4) is 11.5 Å². The van der Waals surface area contributed by atoms with E-state index in [1.165, 1.54) is 4.88 Å². The molecule has 4 heterocycles. The van der Waals surface area contributed by atoms with E-state index in [-0.39, 0.29) is 11.9 Å². The van der Waals surface area contributed by atoms with Gasteiger partial charge in [-0.25, -0.2) is 9.97 Å². The molecule has 37 heavy (non-hydrogen) atoms. The topological polar surface area (TPSA) is 83.5 Å². The van der Waals surface area contributed by atoms with E-state index in [1.807, 2.05) is 74.2 Å². The first-order valence-corrected chi connectivity index (χ1v) is 13.0. The smallest absolute Gasteiger partial charge is 0.247 e. The van der Waals surface area contributed by atoms with E-state index in [0.29, 0.717) is 12.3 Å². The third-order valence-electron chi connectivity index (χ3n) is 6.36. The van der Waals surface area contributed by atoms with Crippen LogP contribution in [0.25, 0.3) is 10.2 Å². The van der Waals surface area contributed by atoms with Gasteiger partial charge in [-0.1, -0.05) is 6.08 Å². The van der Waals surface area contributed by atoms with Crippen molar-refractivity contribution in [2.24, 2.45) is 0 Å². The zero-order valence-corrected chi connectivity index (χ0v) is 22.5. The zero-order chi connectivity index (χ0) is 26.1. The number of hydrogen-bond acceptors (Lipinski definition) is 8. The summed E-state index contributed by atoms with van der Waals surface area (Å²) in [4.78, 5) is 32.3. The standard InChI is InChI=1S/C28H30N6O2S/c1-17-13-20(9-11-23(17)36-21-10-8-18(2)29-14-21)32-27-25-22-15-34(24(35)7-6-12-33(4)5)19(3)26(22)37-28(25)31-16-30-27/h6-11,13-14,16,19H,12,15H2,1-5H3,(H,30,31,32)/b7-6+. The summed E-state index contributed by atoms with van der Waals surface area (Å²) in [6, 6.07) is 9.78. The van der Waals surface area contributed by atoms with Crippen LogP contribution >= 0.6 is 11.3 Å². The molecule has 1 aliphatic heterocycles. The van der Waals surface area contributed by atoms with Gasteiger partial charge >= 0.3 is 0 Å². The van der Waals surface area contributed by atoms with Gasteiger partial charge in [-0.05, 0) is 70.8 Å². The number of ether oxygens (including phenoxy) is 1. The molecule has 1 N–H and O–H groups in total. The summed E-state index contributed by atoms with van der Waals surface area (Å²) in [5.74, 6) is 2.23. The first kappa shape index (κ1) is 24.9. The molecule has 4 aromatic rings. The molecule has 1 amide bonds. The van der Waals surface area contributed by atoms with Gasteiger partial charge in [0.05, 0.1) is 17.6 Å². The van der Waals surface area contributed by atoms with Crippen molar-refractivity contribution < 1.29 is 9.53 Å². The van der Waals surface area contributed by atoms with Gasteiger partial charge in [0.2, 0.25) is 5.91 Å². The van der Waals surface area contributed by atoms with E-state index in [0.717, 1.165) is 50.8 Å². The molecule has 1 unspecified atom stereocenters. The van der Waals surface area contributed by atoms with Gasteiger partial charge in [0.25, 0.3) is 0 Å². The van der Waals surface area contributed by atoms with E-state index >= 15 is 0 Å². The van der Waals surface area contributed by atoms with Crippen LogP contribution in [-0.2, 0) is 11.3 Å². The van der Waals surface area contributed by atoms with E-state index in [4.69, 9.17) is 4.74 Å². The van der Waals surface area contributed by atoms with Crippen molar-refractivity contribution >= 4 is 39.0 Å². The second-order valence-electron chi connectivity index (χ2n) is 9.50. The van der Waals surface area contributed by atoms with E-state index < -0.39 is 0 Å². The van der Waals surface area contributed by atoms with Crippen molar-refractivity contribution in [2.45, 2.75) is 33.4 Å². The molecule has 5 rings (SSSR count). The third kappa shape index (κ3) is 5.19. The Balaban J connectivity index is 1.38. The van der Waals surface area contributed by atoms with Gasteiger partial charge in [-0.2, -0.15) is 0 Å². The summed E-state index contributed by atoms with van der Waals surface area (Å²) in [6.45, 7) is 7.30. The van der Waals surface area contributed by atoms with Crippen LogP contribution in [0, 0.1) is 13.8 Å². The second kappa shape index (κ2) is 10.3. The summed E-state index contributed by atoms with van der Waals surface area (Å²) < 4.78 is 6.01. The van der Waals surface area contributed by atoms with E-state index in [9.17, 15) is 4.79 Å². The van der Waals surface area contributed by atoms with Gasteiger partial charge in [0.1, 0.15) is 28.5 Å². The second-order valence-corrected chi connectivity index (χ2v) is 10.5. The Hall–Kier alpha value is -3.82. The molecular weight excluding hydrogens is 484 g/mol. The number of anilines is 2. The lowest BCUT2D eigenvalue weighted by Crippen LogP contribution is -2.26. The normalized spacial score (nSPS) is 15.1. The number of aromatic nitrogens is 3. The average Bonchev–Trinajstić information content (AvgIpc) is 3.39. The van der Waals surface area contributed by atoms with Gasteiger partial charge in [-0.15, -0.1) is 11.3 Å². The third-order valence-corrected chi connectivity index (χ3v) is 7.67. The number of aryl methyl sites for hydroxylation is 2. The molecule has 190 valence electrons. The lowest BCUT2D eigenvalue weighted by Gasteiger charge is -2.20. The molecule has 0 radical (unpaired) electrons. The minimum Gasteiger partial charge on any atom is -0.455 e. The van der Waals surface area contributed by atoms with Crippen LogP contribution in [-0.4, -0.2) is 51.3 Å². The van der Waals surface area contributed by atoms with Crippen LogP contribution < -0.4 is 10.1 Å². The highest BCUT2D eigenvalue weighted by molar-refractivity contribution is 7.19. The predicted molar refractivity (Wildman–Crippen MR) is 148 cm³/mol. The zero-order valence-electron chi connectivity index (χ0n) is 21.6. The van der Waals surface area contributed by atoms with Crippen molar-refractivity contribution in [1.29, 1.82) is 0 Å². The number of hydrogen-bond donors (Lipinski definition) is 1. The number of nitrogens with one attached hydrogen (secondary N) is 1. The number of likely N-dealkylation sites (N-methyl/N-ethyl adjacent to an activating group) is 1. The van der Waals surface area contributed by atoms with Crippen molar-refractivity contribution in [1.82, 2.24) is 24.8 Å². The lowest BCUT2D eigenvalue weighted by molar-refractivity contribution is -0.127. The fraction of sp³-hybridized carbons (Fsp3) is 0.286. The monoisotopic (exact) mass is 514 g/mol. The van der Waals surface area contributed by atoms with Crippen LogP contribution in [0.5, 0.6) is 11.5 Å². The van der Waals surface area contributed by atoms with Gasteiger partial charge < -0.3 is 19.9 Å². The first-order chi connectivity index (χ1) is 17.8. The highest BCUT2D eigenvalue weighted by Gasteiger charge is 2.34. The summed E-state index contributed by atoms with van der Waals surface area (Å²) in [5.41, 5.74) is 3.95. The molecule has 8 nitrogen and oxygen atoms in total. The van der Waals surface area contributed by atoms with Crippen LogP contribution in [0.15, 0.2) is 55.0 Å². The Kier molecular flexibility index (Phi) is 6.90. The molecule has 1 aromatic carbocycles. The minimum absolute atomic E-state index is 0.00602. The minimum atomic E-state index is -0.00602. The van der Waals surface area contributed by atoms with E-state index in [2.05, 4.69) is 27.2 Å². The SMILES string of the molecule is Cc1ccc(Oc2ccc(Nc3ncnc4sc5c(c34)CN(C(=O)/C=C/CN(C)C)C5C)cc2C)cn1.